The second kappa shape index (κ2) is 7.17. The van der Waals surface area contributed by atoms with Gasteiger partial charge < -0.3 is 10.0 Å². The van der Waals surface area contributed by atoms with Crippen LogP contribution in [-0.2, 0) is 0 Å². The molecule has 5 nitrogen and oxygen atoms in total. The average molecular weight is 349 g/mol. The normalized spacial score (nSPS) is 11.0. The van der Waals surface area contributed by atoms with Crippen molar-refractivity contribution >= 4 is 33.1 Å². The van der Waals surface area contributed by atoms with Crippen molar-refractivity contribution in [3.8, 4) is 5.75 Å². The molecule has 1 aromatic carbocycles. The molecular weight excluding hydrogens is 332 g/mol. The minimum absolute atomic E-state index is 0.111. The van der Waals surface area contributed by atoms with Crippen molar-refractivity contribution in [3.05, 3.63) is 41.0 Å². The van der Waals surface area contributed by atoms with Gasteiger partial charge in [-0.1, -0.05) is 6.07 Å². The van der Waals surface area contributed by atoms with Gasteiger partial charge in [-0.05, 0) is 54.0 Å². The van der Waals surface area contributed by atoms with Crippen molar-refractivity contribution in [3.63, 3.8) is 0 Å². The molecule has 0 aliphatic carbocycles. The number of hydrogen-bond acceptors (Lipinski definition) is 5. The number of pyridine rings is 1. The first-order valence-corrected chi connectivity index (χ1v) is 7.55. The third-order valence-electron chi connectivity index (χ3n) is 3.06. The maximum absolute atomic E-state index is 10.0. The molecule has 0 radical (unpaired) electrons. The number of halogens is 1. The Bertz CT molecular complexity index is 624. The van der Waals surface area contributed by atoms with E-state index < -0.39 is 0 Å². The highest BCUT2D eigenvalue weighted by Crippen LogP contribution is 2.37. The number of aromatic hydroxyl groups is 1. The van der Waals surface area contributed by atoms with E-state index in [0.29, 0.717) is 11.5 Å². The van der Waals surface area contributed by atoms with E-state index in [0.717, 1.165) is 23.2 Å². The molecule has 0 saturated carbocycles. The van der Waals surface area contributed by atoms with E-state index in [9.17, 15) is 5.11 Å². The second-order valence-electron chi connectivity index (χ2n) is 4.35. The minimum atomic E-state index is 0.111. The van der Waals surface area contributed by atoms with Crippen LogP contribution < -0.4 is 4.90 Å². The third-order valence-corrected chi connectivity index (χ3v) is 3.53. The van der Waals surface area contributed by atoms with Crippen LogP contribution in [0.2, 0.25) is 0 Å². The van der Waals surface area contributed by atoms with Gasteiger partial charge in [-0.2, -0.15) is 0 Å². The molecule has 0 fully saturated rings. The fourth-order valence-corrected chi connectivity index (χ4v) is 2.20. The summed E-state index contributed by atoms with van der Waals surface area (Å²) in [7, 11) is 0. The molecule has 110 valence electrons. The first kappa shape index (κ1) is 15.4. The van der Waals surface area contributed by atoms with Crippen molar-refractivity contribution in [1.29, 1.82) is 0 Å². The molecule has 6 heteroatoms. The standard InChI is InChI=1S/C15H17BrN4O/c1-3-20(4-2)12-6-5-7-13(21)15(12)19-18-14-9-8-11(16)10-17-14/h5-10,21H,3-4H2,1-2H3. The van der Waals surface area contributed by atoms with Gasteiger partial charge >= 0.3 is 0 Å². The first-order chi connectivity index (χ1) is 10.2. The number of azo groups is 1. The van der Waals surface area contributed by atoms with Crippen LogP contribution in [0.5, 0.6) is 5.75 Å². The summed E-state index contributed by atoms with van der Waals surface area (Å²) in [5.74, 6) is 0.604. The van der Waals surface area contributed by atoms with E-state index in [4.69, 9.17) is 0 Å². The molecule has 0 aliphatic rings. The number of rotatable bonds is 5. The molecule has 0 saturated heterocycles. The Morgan fingerprint density at radius 2 is 1.90 bits per heavy atom. The van der Waals surface area contributed by atoms with Gasteiger partial charge in [0, 0.05) is 23.8 Å². The van der Waals surface area contributed by atoms with E-state index >= 15 is 0 Å². The molecule has 0 spiro atoms. The highest BCUT2D eigenvalue weighted by molar-refractivity contribution is 9.10. The molecule has 2 rings (SSSR count). The largest absolute Gasteiger partial charge is 0.506 e. The molecule has 0 amide bonds. The maximum Gasteiger partial charge on any atom is 0.174 e. The number of hydrogen-bond donors (Lipinski definition) is 1. The fraction of sp³-hybridized carbons (Fsp3) is 0.267. The Kier molecular flexibility index (Phi) is 5.27. The molecule has 1 aromatic heterocycles. The van der Waals surface area contributed by atoms with E-state index in [1.54, 1.807) is 24.4 Å². The summed E-state index contributed by atoms with van der Waals surface area (Å²) in [5, 5.41) is 18.3. The van der Waals surface area contributed by atoms with Crippen molar-refractivity contribution in [2.75, 3.05) is 18.0 Å². The zero-order chi connectivity index (χ0) is 15.2. The second-order valence-corrected chi connectivity index (χ2v) is 5.27. The average Bonchev–Trinajstić information content (AvgIpc) is 2.49. The van der Waals surface area contributed by atoms with Crippen LogP contribution in [0.25, 0.3) is 0 Å². The van der Waals surface area contributed by atoms with E-state index in [-0.39, 0.29) is 5.75 Å². The quantitative estimate of drug-likeness (QED) is 0.788. The molecule has 0 bridgehead atoms. The summed E-state index contributed by atoms with van der Waals surface area (Å²) in [6.07, 6.45) is 1.66. The molecule has 0 atom stereocenters. The summed E-state index contributed by atoms with van der Waals surface area (Å²) in [4.78, 5) is 6.25. The lowest BCUT2D eigenvalue weighted by atomic mass is 10.2. The van der Waals surface area contributed by atoms with Crippen molar-refractivity contribution < 1.29 is 5.11 Å². The Labute approximate surface area is 132 Å². The van der Waals surface area contributed by atoms with Crippen LogP contribution in [0.4, 0.5) is 17.2 Å². The zero-order valence-electron chi connectivity index (χ0n) is 12.0. The van der Waals surface area contributed by atoms with Crippen molar-refractivity contribution in [2.45, 2.75) is 13.8 Å². The third kappa shape index (κ3) is 3.78. The van der Waals surface area contributed by atoms with E-state index in [2.05, 4.69) is 49.9 Å². The van der Waals surface area contributed by atoms with Gasteiger partial charge in [-0.25, -0.2) is 4.98 Å². The molecule has 0 aliphatic heterocycles. The lowest BCUT2D eigenvalue weighted by Crippen LogP contribution is -2.21. The highest BCUT2D eigenvalue weighted by Gasteiger charge is 2.11. The molecule has 2 aromatic rings. The van der Waals surface area contributed by atoms with E-state index in [1.165, 1.54) is 0 Å². The lowest BCUT2D eigenvalue weighted by molar-refractivity contribution is 0.476. The number of benzene rings is 1. The number of phenolic OH excluding ortho intramolecular Hbond substituents is 1. The molecule has 1 heterocycles. The van der Waals surface area contributed by atoms with Gasteiger partial charge in [-0.3, -0.25) is 0 Å². The summed E-state index contributed by atoms with van der Waals surface area (Å²) in [5.41, 5.74) is 1.33. The Morgan fingerprint density at radius 1 is 1.14 bits per heavy atom. The van der Waals surface area contributed by atoms with Crippen LogP contribution in [0.1, 0.15) is 13.8 Å². The van der Waals surface area contributed by atoms with Crippen molar-refractivity contribution in [1.82, 2.24) is 4.98 Å². The van der Waals surface area contributed by atoms with Crippen LogP contribution in [-0.4, -0.2) is 23.2 Å². The summed E-state index contributed by atoms with van der Waals surface area (Å²) < 4.78 is 0.882. The number of nitrogens with zero attached hydrogens (tertiary/aromatic N) is 4. The smallest absolute Gasteiger partial charge is 0.174 e. The maximum atomic E-state index is 10.0. The van der Waals surface area contributed by atoms with Crippen LogP contribution in [0.15, 0.2) is 51.2 Å². The highest BCUT2D eigenvalue weighted by atomic mass is 79.9. The number of aromatic nitrogens is 1. The van der Waals surface area contributed by atoms with E-state index in [1.807, 2.05) is 12.1 Å². The van der Waals surface area contributed by atoms with Crippen LogP contribution in [0.3, 0.4) is 0 Å². The predicted octanol–water partition coefficient (Wildman–Crippen LogP) is 4.81. The monoisotopic (exact) mass is 348 g/mol. The fourth-order valence-electron chi connectivity index (χ4n) is 1.97. The first-order valence-electron chi connectivity index (χ1n) is 6.76. The van der Waals surface area contributed by atoms with Crippen LogP contribution >= 0.6 is 15.9 Å². The van der Waals surface area contributed by atoms with Gasteiger partial charge in [0.2, 0.25) is 0 Å². The minimum Gasteiger partial charge on any atom is -0.506 e. The van der Waals surface area contributed by atoms with Gasteiger partial charge in [-0.15, -0.1) is 10.2 Å². The summed E-state index contributed by atoms with van der Waals surface area (Å²) in [6, 6.07) is 8.94. The summed E-state index contributed by atoms with van der Waals surface area (Å²) >= 11 is 3.32. The molecule has 21 heavy (non-hydrogen) atoms. The number of phenols is 1. The molecular formula is C15H17BrN4O. The number of anilines is 1. The van der Waals surface area contributed by atoms with Crippen molar-refractivity contribution in [2.24, 2.45) is 10.2 Å². The van der Waals surface area contributed by atoms with Gasteiger partial charge in [0.25, 0.3) is 0 Å². The SMILES string of the molecule is CCN(CC)c1cccc(O)c1N=Nc1ccc(Br)cn1. The zero-order valence-corrected chi connectivity index (χ0v) is 13.6. The van der Waals surface area contributed by atoms with Crippen LogP contribution in [0, 0.1) is 0 Å². The topological polar surface area (TPSA) is 61.1 Å². The molecule has 1 N–H and O–H groups in total. The lowest BCUT2D eigenvalue weighted by Gasteiger charge is -2.22. The summed E-state index contributed by atoms with van der Waals surface area (Å²) in [6.45, 7) is 5.79. The van der Waals surface area contributed by atoms with Gasteiger partial charge in [0.05, 0.1) is 5.69 Å². The van der Waals surface area contributed by atoms with Gasteiger partial charge in [0.1, 0.15) is 5.75 Å². The molecule has 0 unspecified atom stereocenters. The Balaban J connectivity index is 2.36. The van der Waals surface area contributed by atoms with Gasteiger partial charge in [0.15, 0.2) is 11.5 Å². The Morgan fingerprint density at radius 3 is 2.52 bits per heavy atom. The predicted molar refractivity (Wildman–Crippen MR) is 87.8 cm³/mol. The Hall–Kier alpha value is -1.95.